The minimum Gasteiger partial charge on any atom is -0.390 e. The fourth-order valence-electron chi connectivity index (χ4n) is 2.01. The zero-order valence-electron chi connectivity index (χ0n) is 13.0. The first-order chi connectivity index (χ1) is 10.4. The Morgan fingerprint density at radius 1 is 1.32 bits per heavy atom. The van der Waals surface area contributed by atoms with E-state index in [9.17, 15) is 9.90 Å². The van der Waals surface area contributed by atoms with Crippen molar-refractivity contribution in [1.29, 1.82) is 0 Å². The SMILES string of the molecule is CC(C)(O)CCc1ccc(C(=O)NCCn2ccnn2)cc1. The molecule has 22 heavy (non-hydrogen) atoms. The summed E-state index contributed by atoms with van der Waals surface area (Å²) in [6, 6.07) is 7.48. The van der Waals surface area contributed by atoms with E-state index in [4.69, 9.17) is 0 Å². The van der Waals surface area contributed by atoms with Crippen molar-refractivity contribution < 1.29 is 9.90 Å². The summed E-state index contributed by atoms with van der Waals surface area (Å²) >= 11 is 0. The first kappa shape index (κ1) is 16.2. The summed E-state index contributed by atoms with van der Waals surface area (Å²) in [6.45, 7) is 4.69. The highest BCUT2D eigenvalue weighted by Crippen LogP contribution is 2.13. The molecule has 0 unspecified atom stereocenters. The van der Waals surface area contributed by atoms with E-state index in [1.807, 2.05) is 24.3 Å². The van der Waals surface area contributed by atoms with Crippen LogP contribution in [0, 0.1) is 0 Å². The lowest BCUT2D eigenvalue weighted by Gasteiger charge is -2.16. The summed E-state index contributed by atoms with van der Waals surface area (Å²) < 4.78 is 1.67. The molecule has 2 rings (SSSR count). The van der Waals surface area contributed by atoms with Crippen LogP contribution < -0.4 is 5.32 Å². The number of aryl methyl sites for hydroxylation is 1. The molecule has 6 nitrogen and oxygen atoms in total. The second-order valence-electron chi connectivity index (χ2n) is 5.93. The van der Waals surface area contributed by atoms with E-state index < -0.39 is 5.60 Å². The number of carbonyl (C=O) groups is 1. The van der Waals surface area contributed by atoms with Gasteiger partial charge in [-0.1, -0.05) is 17.3 Å². The first-order valence-electron chi connectivity index (χ1n) is 7.38. The van der Waals surface area contributed by atoms with Crippen LogP contribution in [0.3, 0.4) is 0 Å². The van der Waals surface area contributed by atoms with Crippen LogP contribution >= 0.6 is 0 Å². The third-order valence-corrected chi connectivity index (χ3v) is 3.34. The fourth-order valence-corrected chi connectivity index (χ4v) is 2.01. The number of aromatic nitrogens is 3. The number of benzene rings is 1. The molecule has 0 aliphatic carbocycles. The highest BCUT2D eigenvalue weighted by Gasteiger charge is 2.12. The highest BCUT2D eigenvalue weighted by molar-refractivity contribution is 5.94. The maximum atomic E-state index is 12.0. The maximum absolute atomic E-state index is 12.0. The molecule has 1 aromatic carbocycles. The number of carbonyl (C=O) groups excluding carboxylic acids is 1. The Morgan fingerprint density at radius 2 is 2.05 bits per heavy atom. The molecule has 2 aromatic rings. The third-order valence-electron chi connectivity index (χ3n) is 3.34. The van der Waals surface area contributed by atoms with Gasteiger partial charge in [0.1, 0.15) is 0 Å². The van der Waals surface area contributed by atoms with Crippen molar-refractivity contribution in [2.75, 3.05) is 6.54 Å². The summed E-state index contributed by atoms with van der Waals surface area (Å²) in [5.41, 5.74) is 1.07. The van der Waals surface area contributed by atoms with Crippen molar-refractivity contribution >= 4 is 5.91 Å². The molecule has 0 fully saturated rings. The van der Waals surface area contributed by atoms with Crippen LogP contribution in [0.25, 0.3) is 0 Å². The Balaban J connectivity index is 1.80. The predicted molar refractivity (Wildman–Crippen MR) is 83.4 cm³/mol. The van der Waals surface area contributed by atoms with Gasteiger partial charge in [0.05, 0.1) is 18.3 Å². The Morgan fingerprint density at radius 3 is 2.64 bits per heavy atom. The molecule has 0 saturated heterocycles. The number of amides is 1. The molecule has 0 atom stereocenters. The monoisotopic (exact) mass is 302 g/mol. The first-order valence-corrected chi connectivity index (χ1v) is 7.38. The molecule has 0 spiro atoms. The molecule has 2 N–H and O–H groups in total. The van der Waals surface area contributed by atoms with Gasteiger partial charge in [0.2, 0.25) is 0 Å². The lowest BCUT2D eigenvalue weighted by molar-refractivity contribution is 0.0713. The van der Waals surface area contributed by atoms with Gasteiger partial charge < -0.3 is 10.4 Å². The van der Waals surface area contributed by atoms with E-state index in [-0.39, 0.29) is 5.91 Å². The lowest BCUT2D eigenvalue weighted by atomic mass is 9.98. The molecule has 118 valence electrons. The molecule has 1 amide bonds. The summed E-state index contributed by atoms with van der Waals surface area (Å²) in [5, 5.41) is 20.1. The molecular formula is C16H22N4O2. The normalized spacial score (nSPS) is 11.4. The maximum Gasteiger partial charge on any atom is 0.251 e. The summed E-state index contributed by atoms with van der Waals surface area (Å²) in [5.74, 6) is -0.103. The summed E-state index contributed by atoms with van der Waals surface area (Å²) in [4.78, 5) is 12.0. The molecule has 1 heterocycles. The molecule has 1 aromatic heterocycles. The molecule has 0 radical (unpaired) electrons. The van der Waals surface area contributed by atoms with Crippen LogP contribution in [0.5, 0.6) is 0 Å². The summed E-state index contributed by atoms with van der Waals surface area (Å²) in [7, 11) is 0. The Labute approximate surface area is 130 Å². The van der Waals surface area contributed by atoms with Gasteiger partial charge in [0.25, 0.3) is 5.91 Å². The van der Waals surface area contributed by atoms with Gasteiger partial charge in [-0.25, -0.2) is 0 Å². The average molecular weight is 302 g/mol. The molecule has 6 heteroatoms. The smallest absolute Gasteiger partial charge is 0.251 e. The Kier molecular flexibility index (Phi) is 5.27. The van der Waals surface area contributed by atoms with E-state index in [1.165, 1.54) is 0 Å². The van der Waals surface area contributed by atoms with Crippen LogP contribution in [0.1, 0.15) is 36.2 Å². The number of nitrogens with one attached hydrogen (secondary N) is 1. The minimum absolute atomic E-state index is 0.103. The number of aliphatic hydroxyl groups is 1. The van der Waals surface area contributed by atoms with Crippen molar-refractivity contribution in [3.8, 4) is 0 Å². The molecule has 0 aliphatic heterocycles. The van der Waals surface area contributed by atoms with E-state index >= 15 is 0 Å². The average Bonchev–Trinajstić information content (AvgIpc) is 2.98. The van der Waals surface area contributed by atoms with Gasteiger partial charge in [-0.3, -0.25) is 9.48 Å². The van der Waals surface area contributed by atoms with Crippen molar-refractivity contribution in [3.05, 3.63) is 47.8 Å². The standard InChI is InChI=1S/C16H22N4O2/c1-16(2,22)8-7-13-3-5-14(6-4-13)15(21)17-9-11-20-12-10-18-19-20/h3-6,10,12,22H,7-9,11H2,1-2H3,(H,17,21). The molecular weight excluding hydrogens is 280 g/mol. The van der Waals surface area contributed by atoms with E-state index in [1.54, 1.807) is 30.9 Å². The largest absolute Gasteiger partial charge is 0.390 e. The van der Waals surface area contributed by atoms with Crippen molar-refractivity contribution in [2.45, 2.75) is 38.8 Å². The summed E-state index contributed by atoms with van der Waals surface area (Å²) in [6.07, 6.45) is 4.84. The topological polar surface area (TPSA) is 80.0 Å². The number of hydrogen-bond acceptors (Lipinski definition) is 4. The van der Waals surface area contributed by atoms with Gasteiger partial charge >= 0.3 is 0 Å². The highest BCUT2D eigenvalue weighted by atomic mass is 16.3. The number of nitrogens with zero attached hydrogens (tertiary/aromatic N) is 3. The van der Waals surface area contributed by atoms with Gasteiger partial charge in [0.15, 0.2) is 0 Å². The van der Waals surface area contributed by atoms with E-state index in [0.717, 1.165) is 12.0 Å². The van der Waals surface area contributed by atoms with Crippen LogP contribution in [-0.2, 0) is 13.0 Å². The van der Waals surface area contributed by atoms with Gasteiger partial charge in [-0.15, -0.1) is 5.10 Å². The zero-order valence-corrected chi connectivity index (χ0v) is 13.0. The van der Waals surface area contributed by atoms with Crippen LogP contribution in [0.15, 0.2) is 36.7 Å². The lowest BCUT2D eigenvalue weighted by Crippen LogP contribution is -2.27. The van der Waals surface area contributed by atoms with E-state index in [0.29, 0.717) is 25.1 Å². The zero-order chi connectivity index (χ0) is 16.0. The van der Waals surface area contributed by atoms with Crippen molar-refractivity contribution in [3.63, 3.8) is 0 Å². The number of hydrogen-bond donors (Lipinski definition) is 2. The third kappa shape index (κ3) is 5.29. The second kappa shape index (κ2) is 7.17. The van der Waals surface area contributed by atoms with Gasteiger partial charge in [0, 0.05) is 18.3 Å². The van der Waals surface area contributed by atoms with Crippen LogP contribution in [0.4, 0.5) is 0 Å². The van der Waals surface area contributed by atoms with Gasteiger partial charge in [-0.2, -0.15) is 0 Å². The Bertz CT molecular complexity index is 586. The van der Waals surface area contributed by atoms with Crippen molar-refractivity contribution in [1.82, 2.24) is 20.3 Å². The molecule has 0 aliphatic rings. The molecule has 0 bridgehead atoms. The van der Waals surface area contributed by atoms with Crippen LogP contribution in [0.2, 0.25) is 0 Å². The molecule has 0 saturated carbocycles. The fraction of sp³-hybridized carbons (Fsp3) is 0.438. The number of rotatable bonds is 7. The van der Waals surface area contributed by atoms with Crippen LogP contribution in [-0.4, -0.2) is 38.2 Å². The minimum atomic E-state index is -0.669. The quantitative estimate of drug-likeness (QED) is 0.810. The predicted octanol–water partition coefficient (Wildman–Crippen LogP) is 1.41. The van der Waals surface area contributed by atoms with E-state index in [2.05, 4.69) is 15.6 Å². The second-order valence-corrected chi connectivity index (χ2v) is 5.93. The van der Waals surface area contributed by atoms with Crippen molar-refractivity contribution in [2.24, 2.45) is 0 Å². The van der Waals surface area contributed by atoms with Gasteiger partial charge in [-0.05, 0) is 44.4 Å². The Hall–Kier alpha value is -2.21.